The number of benzene rings is 2. The number of anilines is 2. The van der Waals surface area contributed by atoms with Gasteiger partial charge in [0.25, 0.3) is 5.91 Å². The Labute approximate surface area is 195 Å². The topological polar surface area (TPSA) is 99.2 Å². The summed E-state index contributed by atoms with van der Waals surface area (Å²) in [4.78, 5) is 29.5. The van der Waals surface area contributed by atoms with Crippen molar-refractivity contribution in [1.29, 1.82) is 0 Å². The number of unbranched alkanes of at least 4 members (excludes halogenated alkanes) is 2. The summed E-state index contributed by atoms with van der Waals surface area (Å²) < 4.78 is 6.68. The highest BCUT2D eigenvalue weighted by Gasteiger charge is 2.23. The molecule has 7 nitrogen and oxygen atoms in total. The zero-order valence-corrected chi connectivity index (χ0v) is 19.7. The minimum Gasteiger partial charge on any atom is -0.443 e. The number of imidazole rings is 1. The van der Waals surface area contributed by atoms with Crippen LogP contribution in [0.25, 0.3) is 11.3 Å². The van der Waals surface area contributed by atoms with Gasteiger partial charge < -0.3 is 15.8 Å². The van der Waals surface area contributed by atoms with E-state index in [0.717, 1.165) is 12.8 Å². The third-order valence-corrected chi connectivity index (χ3v) is 5.07. The SMILES string of the molecule is CCCCCc1ccc(C(=O)Nc2cccc(-c3cnc(N)n3C(=O)OC(C)(C)C)c2)cc1. The molecule has 1 heterocycles. The summed E-state index contributed by atoms with van der Waals surface area (Å²) in [7, 11) is 0. The lowest BCUT2D eigenvalue weighted by atomic mass is 10.0. The highest BCUT2D eigenvalue weighted by molar-refractivity contribution is 6.04. The molecule has 33 heavy (non-hydrogen) atoms. The molecule has 0 aliphatic heterocycles. The van der Waals surface area contributed by atoms with Crippen molar-refractivity contribution in [2.75, 3.05) is 11.1 Å². The van der Waals surface area contributed by atoms with Crippen molar-refractivity contribution in [2.24, 2.45) is 0 Å². The molecule has 0 unspecified atom stereocenters. The van der Waals surface area contributed by atoms with Crippen LogP contribution in [-0.4, -0.2) is 27.2 Å². The zero-order chi connectivity index (χ0) is 24.0. The Morgan fingerprint density at radius 3 is 2.48 bits per heavy atom. The highest BCUT2D eigenvalue weighted by atomic mass is 16.6. The third-order valence-electron chi connectivity index (χ3n) is 5.07. The molecule has 1 aromatic heterocycles. The Kier molecular flexibility index (Phi) is 7.53. The van der Waals surface area contributed by atoms with Gasteiger partial charge in [-0.1, -0.05) is 44.0 Å². The summed E-state index contributed by atoms with van der Waals surface area (Å²) >= 11 is 0. The number of nitrogens with zero attached hydrogens (tertiary/aromatic N) is 2. The van der Waals surface area contributed by atoms with E-state index in [9.17, 15) is 9.59 Å². The second-order valence-corrected chi connectivity index (χ2v) is 9.01. The maximum atomic E-state index is 12.7. The van der Waals surface area contributed by atoms with E-state index in [4.69, 9.17) is 10.5 Å². The molecular weight excluding hydrogens is 416 g/mol. The molecule has 3 aromatic rings. The minimum absolute atomic E-state index is 0.0349. The molecule has 0 aliphatic rings. The maximum absolute atomic E-state index is 12.7. The number of hydrogen-bond donors (Lipinski definition) is 2. The van der Waals surface area contributed by atoms with Gasteiger partial charge in [0.15, 0.2) is 0 Å². The first kappa shape index (κ1) is 24.0. The first-order valence-corrected chi connectivity index (χ1v) is 11.2. The lowest BCUT2D eigenvalue weighted by Crippen LogP contribution is -2.28. The number of aryl methyl sites for hydroxylation is 1. The van der Waals surface area contributed by atoms with E-state index in [1.54, 1.807) is 39.0 Å². The van der Waals surface area contributed by atoms with Crippen molar-refractivity contribution in [3.8, 4) is 11.3 Å². The van der Waals surface area contributed by atoms with E-state index in [2.05, 4.69) is 17.2 Å². The molecule has 3 N–H and O–H groups in total. The van der Waals surface area contributed by atoms with Gasteiger partial charge in [0.1, 0.15) is 5.60 Å². The summed E-state index contributed by atoms with van der Waals surface area (Å²) in [5, 5.41) is 2.92. The molecule has 0 radical (unpaired) electrons. The molecular formula is C26H32N4O3. The number of aromatic nitrogens is 2. The van der Waals surface area contributed by atoms with Crippen LogP contribution in [0.2, 0.25) is 0 Å². The number of nitrogen functional groups attached to an aromatic ring is 1. The molecule has 3 rings (SSSR count). The Hall–Kier alpha value is -3.61. The van der Waals surface area contributed by atoms with Gasteiger partial charge in [0.05, 0.1) is 11.9 Å². The fourth-order valence-corrected chi connectivity index (χ4v) is 3.43. The predicted molar refractivity (Wildman–Crippen MR) is 131 cm³/mol. The molecule has 0 bridgehead atoms. The monoisotopic (exact) mass is 448 g/mol. The van der Waals surface area contributed by atoms with Crippen LogP contribution in [0.5, 0.6) is 0 Å². The fourth-order valence-electron chi connectivity index (χ4n) is 3.43. The second kappa shape index (κ2) is 10.3. The average molecular weight is 449 g/mol. The van der Waals surface area contributed by atoms with Gasteiger partial charge in [-0.2, -0.15) is 0 Å². The first-order chi connectivity index (χ1) is 15.7. The molecule has 0 spiro atoms. The Bertz CT molecular complexity index is 1110. The Morgan fingerprint density at radius 1 is 1.09 bits per heavy atom. The summed E-state index contributed by atoms with van der Waals surface area (Å²) in [6, 6.07) is 14.9. The Morgan fingerprint density at radius 2 is 1.82 bits per heavy atom. The van der Waals surface area contributed by atoms with E-state index in [-0.39, 0.29) is 11.9 Å². The first-order valence-electron chi connectivity index (χ1n) is 11.2. The number of ether oxygens (including phenoxy) is 1. The number of nitrogens with one attached hydrogen (secondary N) is 1. The third kappa shape index (κ3) is 6.44. The predicted octanol–water partition coefficient (Wildman–Crippen LogP) is 5.90. The lowest BCUT2D eigenvalue weighted by Gasteiger charge is -2.20. The van der Waals surface area contributed by atoms with Gasteiger partial charge >= 0.3 is 6.09 Å². The van der Waals surface area contributed by atoms with E-state index >= 15 is 0 Å². The number of rotatable bonds is 7. The standard InChI is InChI=1S/C26H32N4O3/c1-5-6-7-9-18-12-14-19(15-13-18)23(31)29-21-11-8-10-20(16-21)22-17-28-24(27)30(22)25(32)33-26(2,3)4/h8,10-17H,5-7,9H2,1-4H3,(H2,27,28)(H,29,31). The van der Waals surface area contributed by atoms with Crippen LogP contribution >= 0.6 is 0 Å². The molecule has 0 aliphatic carbocycles. The molecule has 174 valence electrons. The van der Waals surface area contributed by atoms with Crippen LogP contribution in [0.15, 0.2) is 54.7 Å². The smallest absolute Gasteiger partial charge is 0.421 e. The van der Waals surface area contributed by atoms with Crippen LogP contribution in [0.3, 0.4) is 0 Å². The molecule has 0 saturated heterocycles. The average Bonchev–Trinajstić information content (AvgIpc) is 3.15. The maximum Gasteiger partial charge on any atom is 0.421 e. The quantitative estimate of drug-likeness (QED) is 0.438. The zero-order valence-electron chi connectivity index (χ0n) is 19.7. The van der Waals surface area contributed by atoms with Gasteiger partial charge in [-0.25, -0.2) is 14.3 Å². The number of amides is 1. The van der Waals surface area contributed by atoms with Crippen molar-refractivity contribution in [3.63, 3.8) is 0 Å². The number of hydrogen-bond acceptors (Lipinski definition) is 5. The molecule has 0 saturated carbocycles. The van der Waals surface area contributed by atoms with Crippen LogP contribution in [0.1, 0.15) is 62.9 Å². The van der Waals surface area contributed by atoms with E-state index < -0.39 is 11.7 Å². The van der Waals surface area contributed by atoms with Crippen LogP contribution in [0, 0.1) is 0 Å². The summed E-state index contributed by atoms with van der Waals surface area (Å²) in [5.74, 6) is -0.167. The van der Waals surface area contributed by atoms with Crippen LogP contribution in [0.4, 0.5) is 16.4 Å². The summed E-state index contributed by atoms with van der Waals surface area (Å²) in [6.07, 6.45) is 5.46. The van der Waals surface area contributed by atoms with Gasteiger partial charge in [0.2, 0.25) is 5.95 Å². The van der Waals surface area contributed by atoms with E-state index in [1.807, 2.05) is 30.3 Å². The summed E-state index contributed by atoms with van der Waals surface area (Å²) in [6.45, 7) is 7.53. The second-order valence-electron chi connectivity index (χ2n) is 9.01. The van der Waals surface area contributed by atoms with E-state index in [0.29, 0.717) is 22.5 Å². The fraction of sp³-hybridized carbons (Fsp3) is 0.346. The van der Waals surface area contributed by atoms with Crippen molar-refractivity contribution in [1.82, 2.24) is 9.55 Å². The molecule has 0 atom stereocenters. The van der Waals surface area contributed by atoms with Crippen LogP contribution < -0.4 is 11.1 Å². The number of carbonyl (C=O) groups is 2. The number of carbonyl (C=O) groups excluding carboxylic acids is 2. The van der Waals surface area contributed by atoms with Gasteiger partial charge in [-0.15, -0.1) is 0 Å². The normalized spacial score (nSPS) is 11.3. The van der Waals surface area contributed by atoms with Gasteiger partial charge in [-0.3, -0.25) is 4.79 Å². The minimum atomic E-state index is -0.674. The van der Waals surface area contributed by atoms with Crippen molar-refractivity contribution in [2.45, 2.75) is 59.0 Å². The van der Waals surface area contributed by atoms with Crippen molar-refractivity contribution < 1.29 is 14.3 Å². The van der Waals surface area contributed by atoms with Crippen molar-refractivity contribution in [3.05, 3.63) is 65.9 Å². The highest BCUT2D eigenvalue weighted by Crippen LogP contribution is 2.26. The van der Waals surface area contributed by atoms with Crippen molar-refractivity contribution >= 4 is 23.6 Å². The lowest BCUT2D eigenvalue weighted by molar-refractivity contribution is 0.0543. The summed E-state index contributed by atoms with van der Waals surface area (Å²) in [5.41, 5.74) is 8.82. The van der Waals surface area contributed by atoms with Crippen LogP contribution in [-0.2, 0) is 11.2 Å². The molecule has 7 heteroatoms. The Balaban J connectivity index is 1.76. The molecule has 0 fully saturated rings. The largest absolute Gasteiger partial charge is 0.443 e. The van der Waals surface area contributed by atoms with Gasteiger partial charge in [0, 0.05) is 16.8 Å². The van der Waals surface area contributed by atoms with Gasteiger partial charge in [-0.05, 0) is 63.4 Å². The van der Waals surface area contributed by atoms with E-state index in [1.165, 1.54) is 29.2 Å². The molecule has 2 aromatic carbocycles. The molecule has 1 amide bonds. The number of nitrogens with two attached hydrogens (primary N) is 1.